The van der Waals surface area contributed by atoms with Gasteiger partial charge in [-0.1, -0.05) is 0 Å². The summed E-state index contributed by atoms with van der Waals surface area (Å²) in [6, 6.07) is 0. The van der Waals surface area contributed by atoms with Gasteiger partial charge in [0.2, 0.25) is 0 Å². The van der Waals surface area contributed by atoms with Crippen LogP contribution in [0.4, 0.5) is 0 Å². The molecule has 0 spiro atoms. The molecule has 0 saturated carbocycles. The molecule has 0 amide bonds. The molecule has 0 unspecified atom stereocenters. The molecule has 0 saturated heterocycles. The van der Waals surface area contributed by atoms with Crippen LogP contribution in [0.15, 0.2) is 0 Å². The Hall–Kier alpha value is 3.48. The van der Waals surface area contributed by atoms with Crippen LogP contribution in [0.25, 0.3) is 0 Å². The van der Waals surface area contributed by atoms with E-state index >= 15 is 0 Å². The average molecular weight is 399 g/mol. The Kier molecular flexibility index (Phi) is 18.2. The van der Waals surface area contributed by atoms with Crippen LogP contribution in [0.2, 0.25) is 0 Å². The molecular formula is H6BaNdO4Ti. The van der Waals surface area contributed by atoms with E-state index in [4.69, 9.17) is 14.8 Å². The molecule has 0 atom stereocenters. The summed E-state index contributed by atoms with van der Waals surface area (Å²) >= 11 is -5.00. The van der Waals surface area contributed by atoms with Gasteiger partial charge in [-0.25, -0.2) is 0 Å². The fourth-order valence-electron chi connectivity index (χ4n) is 0. The first-order valence-electron chi connectivity index (χ1n) is 0.894. The molecule has 4 nitrogen and oxygen atoms in total. The molecule has 0 aromatic rings. The van der Waals surface area contributed by atoms with Crippen LogP contribution in [0, 0.1) is 40.8 Å². The quantitative estimate of drug-likeness (QED) is 0.325. The molecule has 0 rings (SSSR count). The average Bonchev–Trinajstić information content (AvgIpc) is 0.722. The molecule has 0 aromatic carbocycles. The minimum absolute atomic E-state index is 0. The molecule has 0 aromatic heterocycles. The van der Waals surface area contributed by atoms with E-state index in [0.29, 0.717) is 0 Å². The first-order chi connectivity index (χ1) is 2.00. The molecule has 0 heterocycles. The standard InChI is InChI=1S/Ba.Nd.4H2O.Ti.2H/h;;4*1H2;;;/q;;;;;;+4;;/p-4. The summed E-state index contributed by atoms with van der Waals surface area (Å²) in [5.41, 5.74) is 0. The Labute approximate surface area is 119 Å². The van der Waals surface area contributed by atoms with Gasteiger partial charge in [-0.15, -0.1) is 0 Å². The zero-order valence-electron chi connectivity index (χ0n) is 2.79. The Morgan fingerprint density at radius 1 is 0.857 bits per heavy atom. The van der Waals surface area contributed by atoms with Gasteiger partial charge < -0.3 is 0 Å². The molecule has 0 aliphatic carbocycles. The van der Waals surface area contributed by atoms with Gasteiger partial charge in [0.15, 0.2) is 0 Å². The van der Waals surface area contributed by atoms with Crippen molar-refractivity contribution in [1.29, 1.82) is 0 Å². The summed E-state index contributed by atoms with van der Waals surface area (Å²) in [6.07, 6.45) is 0. The van der Waals surface area contributed by atoms with Crippen molar-refractivity contribution in [2.24, 2.45) is 0 Å². The summed E-state index contributed by atoms with van der Waals surface area (Å²) in [4.78, 5) is 0. The van der Waals surface area contributed by atoms with Crippen molar-refractivity contribution >= 4 is 48.9 Å². The van der Waals surface area contributed by atoms with Crippen molar-refractivity contribution in [2.45, 2.75) is 0 Å². The predicted molar refractivity (Wildman–Crippen MR) is 17.4 cm³/mol. The maximum absolute atomic E-state index is 7.38. The summed E-state index contributed by atoms with van der Waals surface area (Å²) in [5, 5.41) is 0. The summed E-state index contributed by atoms with van der Waals surface area (Å²) < 4.78 is 29.5. The molecule has 0 radical (unpaired) electrons. The third-order valence-electron chi connectivity index (χ3n) is 0. The van der Waals surface area contributed by atoms with Crippen LogP contribution < -0.4 is 0 Å². The van der Waals surface area contributed by atoms with E-state index in [1.54, 1.807) is 0 Å². The van der Waals surface area contributed by atoms with Crippen molar-refractivity contribution in [3.05, 3.63) is 0 Å². The monoisotopic (exact) mass is 398 g/mol. The molecule has 0 bridgehead atoms. The number of hydrogen-bond acceptors (Lipinski definition) is 4. The summed E-state index contributed by atoms with van der Waals surface area (Å²) in [5.74, 6) is 0. The molecule has 7 heteroatoms. The van der Waals surface area contributed by atoms with E-state index in [1.165, 1.54) is 0 Å². The summed E-state index contributed by atoms with van der Waals surface area (Å²) in [7, 11) is 0. The van der Waals surface area contributed by atoms with Gasteiger partial charge in [0, 0.05) is 40.8 Å². The second-order valence-corrected chi connectivity index (χ2v) is 2.47. The van der Waals surface area contributed by atoms with Crippen LogP contribution in [-0.2, 0) is 18.1 Å². The van der Waals surface area contributed by atoms with Crippen LogP contribution in [0.5, 0.6) is 0 Å². The minimum atomic E-state index is -5.00. The van der Waals surface area contributed by atoms with Crippen molar-refractivity contribution in [3.8, 4) is 0 Å². The van der Waals surface area contributed by atoms with E-state index < -0.39 is 18.1 Å². The fourth-order valence-corrected chi connectivity index (χ4v) is 0. The third-order valence-corrected chi connectivity index (χ3v) is 0. The predicted octanol–water partition coefficient (Wildman–Crippen LogP) is -3.15. The normalized spacial score (nSPS) is 8.57. The summed E-state index contributed by atoms with van der Waals surface area (Å²) in [6.45, 7) is 0. The molecule has 0 aliphatic rings. The fraction of sp³-hybridized carbons (Fsp3) is 0. The van der Waals surface area contributed by atoms with E-state index in [9.17, 15) is 0 Å². The van der Waals surface area contributed by atoms with Crippen LogP contribution in [0.3, 0.4) is 0 Å². The molecule has 4 N–H and O–H groups in total. The van der Waals surface area contributed by atoms with Gasteiger partial charge in [-0.2, -0.15) is 0 Å². The first-order valence-corrected chi connectivity index (χ1v) is 3.69. The van der Waals surface area contributed by atoms with Crippen molar-refractivity contribution in [1.82, 2.24) is 0 Å². The maximum atomic E-state index is 7.38. The second-order valence-electron chi connectivity index (χ2n) is 0.600. The van der Waals surface area contributed by atoms with Crippen molar-refractivity contribution in [3.63, 3.8) is 0 Å². The Morgan fingerprint density at radius 2 is 0.857 bits per heavy atom. The Balaban J connectivity index is -0.0000000800. The Morgan fingerprint density at radius 3 is 0.857 bits per heavy atom. The molecule has 0 fully saturated rings. The molecular weight excluding hydrogens is 393 g/mol. The van der Waals surface area contributed by atoms with E-state index in [0.717, 1.165) is 0 Å². The SMILES string of the molecule is [BaH2].[Nd].[OH][Ti]([OH])([OH])[OH]. The number of hydrogen-bond donors (Lipinski definition) is 4. The van der Waals surface area contributed by atoms with Crippen molar-refractivity contribution in [2.75, 3.05) is 0 Å². The second kappa shape index (κ2) is 7.58. The van der Waals surface area contributed by atoms with E-state index in [-0.39, 0.29) is 89.7 Å². The molecule has 7 heavy (non-hydrogen) atoms. The zero-order valence-corrected chi connectivity index (χ0v) is 7.56. The van der Waals surface area contributed by atoms with Crippen LogP contribution in [0.1, 0.15) is 0 Å². The zero-order chi connectivity index (χ0) is 4.50. The van der Waals surface area contributed by atoms with E-state index in [2.05, 4.69) is 0 Å². The van der Waals surface area contributed by atoms with Gasteiger partial charge in [0.05, 0.1) is 0 Å². The van der Waals surface area contributed by atoms with Gasteiger partial charge >= 0.3 is 81.8 Å². The van der Waals surface area contributed by atoms with E-state index in [1.807, 2.05) is 0 Å². The van der Waals surface area contributed by atoms with Gasteiger partial charge in [-0.3, -0.25) is 0 Å². The molecule has 0 aliphatic heterocycles. The van der Waals surface area contributed by atoms with Crippen molar-refractivity contribution < 1.29 is 73.7 Å². The topological polar surface area (TPSA) is 80.9 Å². The van der Waals surface area contributed by atoms with Gasteiger partial charge in [0.1, 0.15) is 0 Å². The number of rotatable bonds is 0. The third kappa shape index (κ3) is 43.8. The van der Waals surface area contributed by atoms with Crippen LogP contribution >= 0.6 is 0 Å². The van der Waals surface area contributed by atoms with Crippen LogP contribution in [-0.4, -0.2) is 63.6 Å². The Bertz CT molecular complexity index is 27.2. The van der Waals surface area contributed by atoms with Gasteiger partial charge in [-0.05, 0) is 0 Å². The van der Waals surface area contributed by atoms with Gasteiger partial charge in [0.25, 0.3) is 0 Å². The first kappa shape index (κ1) is 16.8. The molecule has 40 valence electrons.